The number of ether oxygens (including phenoxy) is 1. The van der Waals surface area contributed by atoms with Crippen molar-refractivity contribution in [2.24, 2.45) is 0 Å². The van der Waals surface area contributed by atoms with Crippen LogP contribution in [0.1, 0.15) is 11.4 Å². The predicted octanol–water partition coefficient (Wildman–Crippen LogP) is 3.89. The van der Waals surface area contributed by atoms with Gasteiger partial charge in [-0.3, -0.25) is 0 Å². The van der Waals surface area contributed by atoms with Crippen molar-refractivity contribution < 1.29 is 4.74 Å². The Balaban J connectivity index is 2.16. The lowest BCUT2D eigenvalue weighted by Crippen LogP contribution is -2.02. The van der Waals surface area contributed by atoms with Gasteiger partial charge in [-0.05, 0) is 34.5 Å². The molecule has 0 aliphatic carbocycles. The first kappa shape index (κ1) is 12.5. The van der Waals surface area contributed by atoms with Gasteiger partial charge < -0.3 is 9.30 Å². The molecule has 2 heterocycles. The van der Waals surface area contributed by atoms with Crippen LogP contribution in [-0.2, 0) is 12.4 Å². The summed E-state index contributed by atoms with van der Waals surface area (Å²) < 4.78 is 7.50. The van der Waals surface area contributed by atoms with Crippen LogP contribution in [0.5, 0.6) is 5.75 Å². The van der Waals surface area contributed by atoms with Crippen molar-refractivity contribution >= 4 is 34.0 Å². The monoisotopic (exact) mass is 292 g/mol. The third-order valence-electron chi connectivity index (χ3n) is 3.08. The molecule has 1 aromatic carbocycles. The molecule has 19 heavy (non-hydrogen) atoms. The Morgan fingerprint density at radius 3 is 2.95 bits per heavy atom. The number of halogens is 1. The van der Waals surface area contributed by atoms with Crippen LogP contribution in [0.4, 0.5) is 0 Å². The van der Waals surface area contributed by atoms with E-state index in [-0.39, 0.29) is 0 Å². The van der Waals surface area contributed by atoms with Gasteiger partial charge in [-0.1, -0.05) is 6.07 Å². The Labute approximate surface area is 120 Å². The third-order valence-corrected chi connectivity index (χ3v) is 4.05. The van der Waals surface area contributed by atoms with Crippen LogP contribution in [-0.4, -0.2) is 16.7 Å². The van der Waals surface area contributed by atoms with Crippen LogP contribution in [0, 0.1) is 0 Å². The van der Waals surface area contributed by atoms with Crippen LogP contribution in [0.25, 0.3) is 11.0 Å². The molecule has 3 aromatic rings. The molecule has 0 radical (unpaired) electrons. The van der Waals surface area contributed by atoms with Crippen molar-refractivity contribution in [2.45, 2.75) is 12.4 Å². The van der Waals surface area contributed by atoms with E-state index in [4.69, 9.17) is 16.3 Å². The molecule has 5 heteroatoms. The highest BCUT2D eigenvalue weighted by molar-refractivity contribution is 7.07. The molecule has 2 aromatic heterocycles. The first-order chi connectivity index (χ1) is 9.33. The molecule has 0 bridgehead atoms. The quantitative estimate of drug-likeness (QED) is 0.682. The molecule has 0 saturated heterocycles. The summed E-state index contributed by atoms with van der Waals surface area (Å²) >= 11 is 7.71. The van der Waals surface area contributed by atoms with Crippen molar-refractivity contribution in [1.29, 1.82) is 0 Å². The number of fused-ring (bicyclic) bond motifs is 1. The standard InChI is InChI=1S/C14H13ClN2OS/c1-18-12-4-2-3-11-14(12)16-13(7-15)17(11)8-10-5-6-19-9-10/h2-6,9H,7-8H2,1H3. The van der Waals surface area contributed by atoms with E-state index in [1.165, 1.54) is 5.56 Å². The minimum absolute atomic E-state index is 0.391. The van der Waals surface area contributed by atoms with E-state index in [0.29, 0.717) is 5.88 Å². The molecule has 3 rings (SSSR count). The van der Waals surface area contributed by atoms with Gasteiger partial charge in [0.2, 0.25) is 0 Å². The topological polar surface area (TPSA) is 27.1 Å². The van der Waals surface area contributed by atoms with E-state index in [0.717, 1.165) is 29.2 Å². The molecular formula is C14H13ClN2OS. The fourth-order valence-corrected chi connectivity index (χ4v) is 3.04. The number of methoxy groups -OCH3 is 1. The minimum atomic E-state index is 0.391. The van der Waals surface area contributed by atoms with Gasteiger partial charge in [-0.2, -0.15) is 11.3 Å². The molecule has 98 valence electrons. The third kappa shape index (κ3) is 2.22. The van der Waals surface area contributed by atoms with Crippen molar-refractivity contribution in [3.8, 4) is 5.75 Å². The zero-order chi connectivity index (χ0) is 13.2. The highest BCUT2D eigenvalue weighted by atomic mass is 35.5. The molecule has 3 nitrogen and oxygen atoms in total. The van der Waals surface area contributed by atoms with Crippen molar-refractivity contribution in [3.63, 3.8) is 0 Å². The number of alkyl halides is 1. The zero-order valence-corrected chi connectivity index (χ0v) is 12.0. The Bertz CT molecular complexity index is 691. The Kier molecular flexibility index (Phi) is 3.44. The normalized spacial score (nSPS) is 11.1. The molecule has 0 atom stereocenters. The molecule has 0 saturated carbocycles. The van der Waals surface area contributed by atoms with E-state index in [1.807, 2.05) is 18.2 Å². The van der Waals surface area contributed by atoms with Crippen LogP contribution < -0.4 is 4.74 Å². The van der Waals surface area contributed by atoms with Gasteiger partial charge >= 0.3 is 0 Å². The Morgan fingerprint density at radius 2 is 2.26 bits per heavy atom. The Morgan fingerprint density at radius 1 is 1.37 bits per heavy atom. The van der Waals surface area contributed by atoms with Gasteiger partial charge in [-0.25, -0.2) is 4.98 Å². The molecule has 0 N–H and O–H groups in total. The summed E-state index contributed by atoms with van der Waals surface area (Å²) in [5.74, 6) is 2.04. The molecule has 0 spiro atoms. The van der Waals surface area contributed by atoms with E-state index in [9.17, 15) is 0 Å². The Hall–Kier alpha value is -1.52. The van der Waals surface area contributed by atoms with Gasteiger partial charge in [0.05, 0.1) is 25.1 Å². The fraction of sp³-hybridized carbons (Fsp3) is 0.214. The summed E-state index contributed by atoms with van der Waals surface area (Å²) in [4.78, 5) is 4.59. The summed E-state index contributed by atoms with van der Waals surface area (Å²) in [5, 5.41) is 4.22. The highest BCUT2D eigenvalue weighted by Gasteiger charge is 2.13. The lowest BCUT2D eigenvalue weighted by molar-refractivity contribution is 0.419. The summed E-state index contributed by atoms with van der Waals surface area (Å²) in [6.45, 7) is 0.787. The van der Waals surface area contributed by atoms with E-state index >= 15 is 0 Å². The average molecular weight is 293 g/mol. The smallest absolute Gasteiger partial charge is 0.146 e. The highest BCUT2D eigenvalue weighted by Crippen LogP contribution is 2.27. The first-order valence-corrected chi connectivity index (χ1v) is 7.40. The number of nitrogens with zero attached hydrogens (tertiary/aromatic N) is 2. The number of para-hydroxylation sites is 1. The molecule has 0 unspecified atom stereocenters. The molecule has 0 aliphatic rings. The van der Waals surface area contributed by atoms with Gasteiger partial charge in [-0.15, -0.1) is 11.6 Å². The van der Waals surface area contributed by atoms with Gasteiger partial charge in [0.15, 0.2) is 0 Å². The largest absolute Gasteiger partial charge is 0.494 e. The van der Waals surface area contributed by atoms with Crippen LogP contribution in [0.2, 0.25) is 0 Å². The van der Waals surface area contributed by atoms with Gasteiger partial charge in [0.25, 0.3) is 0 Å². The lowest BCUT2D eigenvalue weighted by Gasteiger charge is -2.06. The fourth-order valence-electron chi connectivity index (χ4n) is 2.18. The number of rotatable bonds is 4. The second-order valence-electron chi connectivity index (χ2n) is 4.21. The van der Waals surface area contributed by atoms with Crippen molar-refractivity contribution in [1.82, 2.24) is 9.55 Å². The maximum Gasteiger partial charge on any atom is 0.146 e. The summed E-state index contributed by atoms with van der Waals surface area (Å²) in [6, 6.07) is 8.06. The van der Waals surface area contributed by atoms with E-state index in [2.05, 4.69) is 26.4 Å². The summed E-state index contributed by atoms with van der Waals surface area (Å²) in [6.07, 6.45) is 0. The number of hydrogen-bond acceptors (Lipinski definition) is 3. The number of hydrogen-bond donors (Lipinski definition) is 0. The van der Waals surface area contributed by atoms with Gasteiger partial charge in [0.1, 0.15) is 17.1 Å². The SMILES string of the molecule is COc1cccc2c1nc(CCl)n2Cc1ccsc1. The number of aromatic nitrogens is 2. The van der Waals surface area contributed by atoms with E-state index in [1.54, 1.807) is 18.4 Å². The van der Waals surface area contributed by atoms with Gasteiger partial charge in [0, 0.05) is 0 Å². The lowest BCUT2D eigenvalue weighted by atomic mass is 10.2. The predicted molar refractivity (Wildman–Crippen MR) is 79.3 cm³/mol. The summed E-state index contributed by atoms with van der Waals surface area (Å²) in [5.41, 5.74) is 3.19. The second kappa shape index (κ2) is 5.23. The van der Waals surface area contributed by atoms with Crippen molar-refractivity contribution in [2.75, 3.05) is 7.11 Å². The second-order valence-corrected chi connectivity index (χ2v) is 5.25. The molecule has 0 aliphatic heterocycles. The van der Waals surface area contributed by atoms with Crippen molar-refractivity contribution in [3.05, 3.63) is 46.4 Å². The molecular weight excluding hydrogens is 280 g/mol. The number of imidazole rings is 1. The minimum Gasteiger partial charge on any atom is -0.494 e. The number of benzene rings is 1. The molecule has 0 amide bonds. The maximum atomic E-state index is 6.02. The van der Waals surface area contributed by atoms with Crippen LogP contribution in [0.15, 0.2) is 35.0 Å². The average Bonchev–Trinajstić information content (AvgIpc) is 3.07. The number of thiophene rings is 1. The summed E-state index contributed by atoms with van der Waals surface area (Å²) in [7, 11) is 1.66. The zero-order valence-electron chi connectivity index (χ0n) is 10.5. The van der Waals surface area contributed by atoms with E-state index < -0.39 is 0 Å². The first-order valence-electron chi connectivity index (χ1n) is 5.92. The van der Waals surface area contributed by atoms with Crippen LogP contribution >= 0.6 is 22.9 Å². The van der Waals surface area contributed by atoms with Crippen LogP contribution in [0.3, 0.4) is 0 Å². The molecule has 0 fully saturated rings. The maximum absolute atomic E-state index is 6.02.